The maximum atomic E-state index is 11.0. The summed E-state index contributed by atoms with van der Waals surface area (Å²) >= 11 is 0. The molecule has 0 spiro atoms. The van der Waals surface area contributed by atoms with Crippen LogP contribution in [0.15, 0.2) is 0 Å². The quantitative estimate of drug-likeness (QED) is 0.648. The number of amides is 2. The maximum Gasteiger partial charge on any atom is 0.222 e. The molecule has 0 fully saturated rings. The molecule has 4 nitrogen and oxygen atoms in total. The molecule has 0 heterocycles. The van der Waals surface area contributed by atoms with Gasteiger partial charge in [-0.1, -0.05) is 0 Å². The second-order valence-electron chi connectivity index (χ2n) is 2.74. The molecule has 2 amide bonds. The molecule has 0 aromatic rings. The lowest BCUT2D eigenvalue weighted by Crippen LogP contribution is -2.26. The summed E-state index contributed by atoms with van der Waals surface area (Å²) in [5.74, 6) is -0.0750. The maximum absolute atomic E-state index is 11.0. The molecule has 0 aromatic carbocycles. The first-order valence-electron chi connectivity index (χ1n) is 4.04. The molecule has 0 atom stereocenters. The van der Waals surface area contributed by atoms with Crippen molar-refractivity contribution < 1.29 is 9.59 Å². The second-order valence-corrected chi connectivity index (χ2v) is 2.74. The number of hydrogen-bond acceptors (Lipinski definition) is 2. The molecule has 0 saturated heterocycles. The zero-order chi connectivity index (χ0) is 9.56. The third kappa shape index (κ3) is 4.71. The molecule has 70 valence electrons. The molecule has 0 aliphatic carbocycles. The van der Waals surface area contributed by atoms with Gasteiger partial charge in [-0.25, -0.2) is 0 Å². The molecule has 0 aliphatic heterocycles. The van der Waals surface area contributed by atoms with Crippen molar-refractivity contribution in [1.29, 1.82) is 0 Å². The average molecular weight is 172 g/mol. The Labute approximate surface area is 72.9 Å². The molecule has 12 heavy (non-hydrogen) atoms. The lowest BCUT2D eigenvalue weighted by molar-refractivity contribution is -0.131. The molecule has 0 bridgehead atoms. The Morgan fingerprint density at radius 1 is 1.25 bits per heavy atom. The Bertz CT molecular complexity index is 166. The zero-order valence-corrected chi connectivity index (χ0v) is 7.89. The van der Waals surface area contributed by atoms with Crippen LogP contribution >= 0.6 is 0 Å². The van der Waals surface area contributed by atoms with Crippen LogP contribution in [0.2, 0.25) is 0 Å². The minimum absolute atomic E-state index is 0.0127. The Balaban J connectivity index is 3.54. The van der Waals surface area contributed by atoms with E-state index in [9.17, 15) is 9.59 Å². The van der Waals surface area contributed by atoms with Gasteiger partial charge in [0.25, 0.3) is 0 Å². The smallest absolute Gasteiger partial charge is 0.222 e. The fourth-order valence-corrected chi connectivity index (χ4v) is 0.730. The van der Waals surface area contributed by atoms with Gasteiger partial charge in [0.2, 0.25) is 11.8 Å². The monoisotopic (exact) mass is 172 g/mol. The highest BCUT2D eigenvalue weighted by Crippen LogP contribution is 1.92. The number of carbonyl (C=O) groups is 2. The molecule has 0 aromatic heterocycles. The molecule has 4 heteroatoms. The van der Waals surface area contributed by atoms with Crippen LogP contribution in [-0.2, 0) is 9.59 Å². The molecular weight excluding hydrogens is 156 g/mol. The summed E-state index contributed by atoms with van der Waals surface area (Å²) in [5, 5.41) is 2.63. The van der Waals surface area contributed by atoms with Gasteiger partial charge in [-0.05, 0) is 6.92 Å². The number of carbonyl (C=O) groups excluding carboxylic acids is 2. The third-order valence-electron chi connectivity index (χ3n) is 1.44. The number of hydrogen-bond donors (Lipinski definition) is 1. The molecule has 0 unspecified atom stereocenters. The van der Waals surface area contributed by atoms with Crippen molar-refractivity contribution in [2.45, 2.75) is 19.8 Å². The molecule has 0 saturated carbocycles. The van der Waals surface area contributed by atoms with E-state index in [-0.39, 0.29) is 18.2 Å². The van der Waals surface area contributed by atoms with Gasteiger partial charge in [0.05, 0.1) is 0 Å². The molecule has 0 aliphatic rings. The van der Waals surface area contributed by atoms with E-state index in [4.69, 9.17) is 0 Å². The van der Waals surface area contributed by atoms with Gasteiger partial charge in [-0.3, -0.25) is 9.59 Å². The van der Waals surface area contributed by atoms with Crippen LogP contribution in [0.4, 0.5) is 0 Å². The van der Waals surface area contributed by atoms with Gasteiger partial charge >= 0.3 is 0 Å². The van der Waals surface area contributed by atoms with Crippen molar-refractivity contribution >= 4 is 11.8 Å². The van der Waals surface area contributed by atoms with Crippen molar-refractivity contribution in [1.82, 2.24) is 10.2 Å². The zero-order valence-electron chi connectivity index (χ0n) is 7.89. The fraction of sp³-hybridized carbons (Fsp3) is 0.750. The van der Waals surface area contributed by atoms with Crippen molar-refractivity contribution in [2.75, 3.05) is 20.6 Å². The number of rotatable bonds is 4. The predicted molar refractivity (Wildman–Crippen MR) is 46.6 cm³/mol. The van der Waals surface area contributed by atoms with Crippen LogP contribution in [0.25, 0.3) is 0 Å². The van der Waals surface area contributed by atoms with Crippen molar-refractivity contribution in [2.24, 2.45) is 0 Å². The third-order valence-corrected chi connectivity index (χ3v) is 1.44. The summed E-state index contributed by atoms with van der Waals surface area (Å²) in [7, 11) is 3.36. The van der Waals surface area contributed by atoms with Gasteiger partial charge in [-0.2, -0.15) is 0 Å². The van der Waals surface area contributed by atoms with E-state index < -0.39 is 0 Å². The summed E-state index contributed by atoms with van der Waals surface area (Å²) in [6.07, 6.45) is 0.573. The van der Waals surface area contributed by atoms with Crippen LogP contribution in [0.5, 0.6) is 0 Å². The Kier molecular flexibility index (Phi) is 5.08. The topological polar surface area (TPSA) is 49.4 Å². The standard InChI is InChI=1S/C8H16N2O2/c1-4-9-7(11)5-6-8(12)10(2)3/h4-6H2,1-3H3,(H,9,11). The van der Waals surface area contributed by atoms with Crippen molar-refractivity contribution in [3.63, 3.8) is 0 Å². The van der Waals surface area contributed by atoms with E-state index >= 15 is 0 Å². The van der Waals surface area contributed by atoms with E-state index in [0.717, 1.165) is 0 Å². The van der Waals surface area contributed by atoms with E-state index in [1.165, 1.54) is 4.90 Å². The van der Waals surface area contributed by atoms with Crippen molar-refractivity contribution in [3.05, 3.63) is 0 Å². The first kappa shape index (κ1) is 10.9. The van der Waals surface area contributed by atoms with Crippen LogP contribution < -0.4 is 5.32 Å². The van der Waals surface area contributed by atoms with E-state index in [0.29, 0.717) is 13.0 Å². The lowest BCUT2D eigenvalue weighted by Gasteiger charge is -2.09. The molecule has 0 radical (unpaired) electrons. The van der Waals surface area contributed by atoms with Crippen LogP contribution in [0, 0.1) is 0 Å². The minimum atomic E-state index is -0.0623. The summed E-state index contributed by atoms with van der Waals surface area (Å²) < 4.78 is 0. The average Bonchev–Trinajstić information content (AvgIpc) is 2.00. The SMILES string of the molecule is CCNC(=O)CCC(=O)N(C)C. The van der Waals surface area contributed by atoms with E-state index in [2.05, 4.69) is 5.32 Å². The Morgan fingerprint density at radius 2 is 1.83 bits per heavy atom. The van der Waals surface area contributed by atoms with Gasteiger partial charge in [-0.15, -0.1) is 0 Å². The summed E-state index contributed by atoms with van der Waals surface area (Å²) in [4.78, 5) is 23.4. The lowest BCUT2D eigenvalue weighted by atomic mass is 10.3. The Hall–Kier alpha value is -1.06. The molecular formula is C8H16N2O2. The largest absolute Gasteiger partial charge is 0.356 e. The first-order chi connectivity index (χ1) is 5.57. The summed E-state index contributed by atoms with van der Waals surface area (Å²) in [6.45, 7) is 2.47. The highest BCUT2D eigenvalue weighted by atomic mass is 16.2. The van der Waals surface area contributed by atoms with Gasteiger partial charge in [0, 0.05) is 33.5 Å². The van der Waals surface area contributed by atoms with Gasteiger partial charge in [0.1, 0.15) is 0 Å². The highest BCUT2D eigenvalue weighted by Gasteiger charge is 2.06. The van der Waals surface area contributed by atoms with Crippen LogP contribution in [0.3, 0.4) is 0 Å². The van der Waals surface area contributed by atoms with Gasteiger partial charge in [0.15, 0.2) is 0 Å². The number of nitrogens with zero attached hydrogens (tertiary/aromatic N) is 1. The summed E-state index contributed by atoms with van der Waals surface area (Å²) in [6, 6.07) is 0. The normalized spacial score (nSPS) is 9.25. The highest BCUT2D eigenvalue weighted by molar-refractivity contribution is 5.83. The molecule has 0 rings (SSSR count). The minimum Gasteiger partial charge on any atom is -0.356 e. The van der Waals surface area contributed by atoms with Crippen LogP contribution in [-0.4, -0.2) is 37.4 Å². The Morgan fingerprint density at radius 3 is 2.25 bits per heavy atom. The van der Waals surface area contributed by atoms with E-state index in [1.807, 2.05) is 6.92 Å². The predicted octanol–water partition coefficient (Wildman–Crippen LogP) is -0.00910. The second kappa shape index (κ2) is 5.57. The van der Waals surface area contributed by atoms with Crippen LogP contribution in [0.1, 0.15) is 19.8 Å². The fourth-order valence-electron chi connectivity index (χ4n) is 0.730. The first-order valence-corrected chi connectivity index (χ1v) is 4.04. The van der Waals surface area contributed by atoms with Gasteiger partial charge < -0.3 is 10.2 Å². The van der Waals surface area contributed by atoms with E-state index in [1.54, 1.807) is 14.1 Å². The van der Waals surface area contributed by atoms with Crippen molar-refractivity contribution in [3.8, 4) is 0 Å². The number of nitrogens with one attached hydrogen (secondary N) is 1. The summed E-state index contributed by atoms with van der Waals surface area (Å²) in [5.41, 5.74) is 0. The molecule has 1 N–H and O–H groups in total.